The lowest BCUT2D eigenvalue weighted by Crippen LogP contribution is -2.33. The van der Waals surface area contributed by atoms with E-state index in [0.29, 0.717) is 28.5 Å². The number of methoxy groups -OCH3 is 1. The molecule has 0 aromatic heterocycles. The molecule has 4 rings (SSSR count). The van der Waals surface area contributed by atoms with Crippen LogP contribution in [-0.4, -0.2) is 27.2 Å². The lowest BCUT2D eigenvalue weighted by molar-refractivity contribution is -0.385. The van der Waals surface area contributed by atoms with Gasteiger partial charge in [0.1, 0.15) is 5.75 Å². The number of nitro groups is 1. The summed E-state index contributed by atoms with van der Waals surface area (Å²) < 4.78 is 44.6. The molecule has 32 heavy (non-hydrogen) atoms. The van der Waals surface area contributed by atoms with Gasteiger partial charge in [-0.1, -0.05) is 12.1 Å². The number of fused-ring (bicyclic) bond motifs is 1. The van der Waals surface area contributed by atoms with E-state index < -0.39 is 21.0 Å². The van der Waals surface area contributed by atoms with Crippen LogP contribution in [0.15, 0.2) is 71.6 Å². The molecule has 0 unspecified atom stereocenters. The summed E-state index contributed by atoms with van der Waals surface area (Å²) in [7, 11) is -2.66. The van der Waals surface area contributed by atoms with E-state index in [-0.39, 0.29) is 17.4 Å². The minimum Gasteiger partial charge on any atom is -0.497 e. The third kappa shape index (κ3) is 3.92. The summed E-state index contributed by atoms with van der Waals surface area (Å²) >= 11 is 0. The van der Waals surface area contributed by atoms with Gasteiger partial charge in [-0.2, -0.15) is 0 Å². The number of non-ortho nitro benzene ring substituents is 1. The molecule has 0 fully saturated rings. The zero-order valence-corrected chi connectivity index (χ0v) is 18.1. The number of sulfonamides is 1. The van der Waals surface area contributed by atoms with Gasteiger partial charge in [0, 0.05) is 12.1 Å². The topological polar surface area (TPSA) is 108 Å². The molecular formula is C22H20N2O7S. The van der Waals surface area contributed by atoms with Crippen LogP contribution < -0.4 is 18.5 Å². The van der Waals surface area contributed by atoms with Gasteiger partial charge in [0.15, 0.2) is 11.5 Å². The van der Waals surface area contributed by atoms with Crippen LogP contribution in [0, 0.1) is 10.1 Å². The van der Waals surface area contributed by atoms with Crippen LogP contribution in [0.1, 0.15) is 18.5 Å². The molecule has 0 amide bonds. The molecule has 3 aromatic rings. The van der Waals surface area contributed by atoms with Crippen molar-refractivity contribution in [3.05, 3.63) is 82.4 Å². The van der Waals surface area contributed by atoms with Crippen LogP contribution >= 0.6 is 0 Å². The molecule has 10 heteroatoms. The van der Waals surface area contributed by atoms with Crippen molar-refractivity contribution < 1.29 is 27.6 Å². The summed E-state index contributed by atoms with van der Waals surface area (Å²) in [5.41, 5.74) is 0.734. The van der Waals surface area contributed by atoms with Crippen molar-refractivity contribution in [2.24, 2.45) is 0 Å². The quantitative estimate of drug-likeness (QED) is 0.385. The van der Waals surface area contributed by atoms with Crippen molar-refractivity contribution in [3.63, 3.8) is 0 Å². The summed E-state index contributed by atoms with van der Waals surface area (Å²) in [6.07, 6.45) is 0. The average molecular weight is 456 g/mol. The highest BCUT2D eigenvalue weighted by atomic mass is 32.2. The molecular weight excluding hydrogens is 436 g/mol. The van der Waals surface area contributed by atoms with Crippen LogP contribution in [0.2, 0.25) is 0 Å². The number of rotatable bonds is 7. The minimum atomic E-state index is -4.18. The maximum absolute atomic E-state index is 13.7. The van der Waals surface area contributed by atoms with Crippen molar-refractivity contribution >= 4 is 21.4 Å². The number of anilines is 1. The number of nitro benzene ring substituents is 1. The zero-order valence-electron chi connectivity index (χ0n) is 17.3. The van der Waals surface area contributed by atoms with Gasteiger partial charge in [-0.15, -0.1) is 0 Å². The summed E-state index contributed by atoms with van der Waals surface area (Å²) in [6, 6.07) is 16.1. The molecule has 0 aliphatic carbocycles. The summed E-state index contributed by atoms with van der Waals surface area (Å²) in [5.74, 6) is 1.67. The Morgan fingerprint density at radius 2 is 1.75 bits per heavy atom. The first-order valence-corrected chi connectivity index (χ1v) is 11.1. The van der Waals surface area contributed by atoms with Gasteiger partial charge in [-0.05, 0) is 55.0 Å². The Morgan fingerprint density at radius 3 is 2.44 bits per heavy atom. The molecule has 0 N–H and O–H groups in total. The number of ether oxygens (including phenoxy) is 3. The van der Waals surface area contributed by atoms with Crippen molar-refractivity contribution in [1.82, 2.24) is 0 Å². The third-order valence-corrected chi connectivity index (χ3v) is 7.04. The predicted molar refractivity (Wildman–Crippen MR) is 117 cm³/mol. The van der Waals surface area contributed by atoms with Crippen molar-refractivity contribution in [2.75, 3.05) is 18.2 Å². The first kappa shape index (κ1) is 21.4. The molecule has 166 valence electrons. The Morgan fingerprint density at radius 1 is 1.03 bits per heavy atom. The van der Waals surface area contributed by atoms with E-state index in [1.807, 2.05) is 0 Å². The lowest BCUT2D eigenvalue weighted by atomic mass is 10.1. The van der Waals surface area contributed by atoms with Crippen molar-refractivity contribution in [1.29, 1.82) is 0 Å². The van der Waals surface area contributed by atoms with Crippen LogP contribution in [-0.2, 0) is 10.0 Å². The van der Waals surface area contributed by atoms with E-state index in [4.69, 9.17) is 14.2 Å². The highest BCUT2D eigenvalue weighted by Gasteiger charge is 2.32. The Balaban J connectivity index is 1.83. The largest absolute Gasteiger partial charge is 0.497 e. The predicted octanol–water partition coefficient (Wildman–Crippen LogP) is 4.29. The first-order valence-electron chi connectivity index (χ1n) is 9.64. The van der Waals surface area contributed by atoms with Gasteiger partial charge >= 0.3 is 0 Å². The summed E-state index contributed by atoms with van der Waals surface area (Å²) in [5, 5.41) is 11.2. The standard InChI is InChI=1S/C22H20N2O7S/c1-15(16-6-11-21-22(12-16)31-14-30-21)23(17-7-9-19(29-2)10-8-17)32(27,28)20-5-3-4-18(13-20)24(25)26/h3-13,15H,14H2,1-2H3/t15-/m0/s1. The van der Waals surface area contributed by atoms with Crippen LogP contribution in [0.3, 0.4) is 0 Å². The lowest BCUT2D eigenvalue weighted by Gasteiger charge is -2.31. The first-order chi connectivity index (χ1) is 15.3. The van der Waals surface area contributed by atoms with Gasteiger partial charge in [0.05, 0.1) is 28.7 Å². The highest BCUT2D eigenvalue weighted by molar-refractivity contribution is 7.92. The number of nitrogens with zero attached hydrogens (tertiary/aromatic N) is 2. The SMILES string of the molecule is COc1ccc(N([C@@H](C)c2ccc3c(c2)OCO3)S(=O)(=O)c2cccc([N+](=O)[O-])c2)cc1. The van der Waals surface area contributed by atoms with Crippen LogP contribution in [0.5, 0.6) is 17.2 Å². The molecule has 0 spiro atoms. The highest BCUT2D eigenvalue weighted by Crippen LogP contribution is 2.39. The van der Waals surface area contributed by atoms with E-state index in [0.717, 1.165) is 6.07 Å². The van der Waals surface area contributed by atoms with Crippen molar-refractivity contribution in [3.8, 4) is 17.2 Å². The molecule has 0 saturated heterocycles. The van der Waals surface area contributed by atoms with E-state index >= 15 is 0 Å². The second-order valence-corrected chi connectivity index (χ2v) is 8.86. The molecule has 0 saturated carbocycles. The maximum Gasteiger partial charge on any atom is 0.270 e. The molecule has 1 aliphatic heterocycles. The molecule has 0 bridgehead atoms. The molecule has 1 heterocycles. The molecule has 1 aliphatic rings. The summed E-state index contributed by atoms with van der Waals surface area (Å²) in [6.45, 7) is 1.83. The van der Waals surface area contributed by atoms with Gasteiger partial charge in [0.2, 0.25) is 6.79 Å². The second-order valence-electron chi connectivity index (χ2n) is 7.04. The van der Waals surface area contributed by atoms with Gasteiger partial charge in [-0.25, -0.2) is 8.42 Å². The van der Waals surface area contributed by atoms with E-state index in [1.54, 1.807) is 49.4 Å². The van der Waals surface area contributed by atoms with Crippen LogP contribution in [0.25, 0.3) is 0 Å². The molecule has 9 nitrogen and oxygen atoms in total. The Labute approximate surface area is 185 Å². The Hall–Kier alpha value is -3.79. The third-order valence-electron chi connectivity index (χ3n) is 5.14. The normalized spacial score (nSPS) is 13.4. The molecule has 3 aromatic carbocycles. The van der Waals surface area contributed by atoms with Gasteiger partial charge < -0.3 is 14.2 Å². The zero-order chi connectivity index (χ0) is 22.9. The van der Waals surface area contributed by atoms with Gasteiger partial charge in [-0.3, -0.25) is 14.4 Å². The Bertz CT molecular complexity index is 1260. The number of hydrogen-bond donors (Lipinski definition) is 0. The maximum atomic E-state index is 13.7. The average Bonchev–Trinajstić information content (AvgIpc) is 3.27. The second kappa shape index (κ2) is 8.39. The number of hydrogen-bond acceptors (Lipinski definition) is 7. The smallest absolute Gasteiger partial charge is 0.270 e. The van der Waals surface area contributed by atoms with Gasteiger partial charge in [0.25, 0.3) is 15.7 Å². The Kier molecular flexibility index (Phi) is 5.62. The fourth-order valence-corrected chi connectivity index (χ4v) is 5.16. The fourth-order valence-electron chi connectivity index (χ4n) is 3.48. The fraction of sp³-hybridized carbons (Fsp3) is 0.182. The number of benzene rings is 3. The van der Waals surface area contributed by atoms with E-state index in [1.165, 1.54) is 29.6 Å². The molecule has 0 radical (unpaired) electrons. The van der Waals surface area contributed by atoms with E-state index in [9.17, 15) is 18.5 Å². The summed E-state index contributed by atoms with van der Waals surface area (Å²) in [4.78, 5) is 10.4. The van der Waals surface area contributed by atoms with Crippen molar-refractivity contribution in [2.45, 2.75) is 17.9 Å². The molecule has 1 atom stereocenters. The monoisotopic (exact) mass is 456 g/mol. The minimum absolute atomic E-state index is 0.0986. The van der Waals surface area contributed by atoms with Crippen LogP contribution in [0.4, 0.5) is 11.4 Å². The van der Waals surface area contributed by atoms with E-state index in [2.05, 4.69) is 0 Å².